The van der Waals surface area contributed by atoms with Gasteiger partial charge in [-0.25, -0.2) is 12.8 Å². The average Bonchev–Trinajstić information content (AvgIpc) is 2.70. The van der Waals surface area contributed by atoms with Crippen molar-refractivity contribution in [1.82, 2.24) is 4.57 Å². The first-order chi connectivity index (χ1) is 14.2. The van der Waals surface area contributed by atoms with Gasteiger partial charge in [0, 0.05) is 26.3 Å². The molecule has 0 spiro atoms. The number of hydrogen-bond donors (Lipinski definition) is 0. The topological polar surface area (TPSA) is 59.4 Å². The summed E-state index contributed by atoms with van der Waals surface area (Å²) in [4.78, 5) is 14.8. The van der Waals surface area contributed by atoms with Crippen LogP contribution in [0.1, 0.15) is 25.3 Å². The maximum atomic E-state index is 15.0. The highest BCUT2D eigenvalue weighted by molar-refractivity contribution is 7.91. The van der Waals surface area contributed by atoms with Gasteiger partial charge in [-0.15, -0.1) is 0 Å². The Bertz CT molecular complexity index is 1280. The summed E-state index contributed by atoms with van der Waals surface area (Å²) in [6.45, 7) is 5.52. The van der Waals surface area contributed by atoms with Crippen molar-refractivity contribution in [3.05, 3.63) is 64.2 Å². The van der Waals surface area contributed by atoms with E-state index in [1.807, 2.05) is 11.8 Å². The Hall–Kier alpha value is -2.67. The number of pyridine rings is 1. The number of rotatable bonds is 3. The van der Waals surface area contributed by atoms with Crippen molar-refractivity contribution < 1.29 is 12.8 Å². The maximum absolute atomic E-state index is 15.0. The normalized spacial score (nSPS) is 17.5. The molecular weight excluding hydrogens is 403 g/mol. The summed E-state index contributed by atoms with van der Waals surface area (Å²) < 4.78 is 42.8. The third-order valence-electron chi connectivity index (χ3n) is 5.84. The third-order valence-corrected chi connectivity index (χ3v) is 7.61. The molecule has 0 unspecified atom stereocenters. The zero-order chi connectivity index (χ0) is 21.6. The Labute approximate surface area is 175 Å². The summed E-state index contributed by atoms with van der Waals surface area (Å²) in [7, 11) is -2.34. The molecular formula is C23H25FN2O3S. The fourth-order valence-electron chi connectivity index (χ4n) is 4.15. The van der Waals surface area contributed by atoms with Crippen LogP contribution in [0.4, 0.5) is 10.1 Å². The van der Waals surface area contributed by atoms with Crippen molar-refractivity contribution in [2.75, 3.05) is 18.0 Å². The second-order valence-corrected chi connectivity index (χ2v) is 10.2. The summed E-state index contributed by atoms with van der Waals surface area (Å²) in [5.41, 5.74) is 1.21. The van der Waals surface area contributed by atoms with Crippen LogP contribution in [0.15, 0.2) is 57.2 Å². The summed E-state index contributed by atoms with van der Waals surface area (Å²) >= 11 is 0. The van der Waals surface area contributed by atoms with E-state index in [-0.39, 0.29) is 15.2 Å². The third kappa shape index (κ3) is 3.51. The first kappa shape index (κ1) is 20.6. The van der Waals surface area contributed by atoms with Crippen LogP contribution in [-0.4, -0.2) is 26.1 Å². The molecule has 5 nitrogen and oxygen atoms in total. The van der Waals surface area contributed by atoms with Gasteiger partial charge in [0.1, 0.15) is 10.7 Å². The number of hydrogen-bond acceptors (Lipinski definition) is 4. The SMILES string of the molecule is Cc1ccc(S(=O)(=O)c2cn(C)c3cc(N4CCC[C@H](C)C4)c(F)cc3c2=O)cc1. The number of benzene rings is 2. The minimum absolute atomic E-state index is 0.0453. The predicted octanol–water partition coefficient (Wildman–Crippen LogP) is 4.06. The number of nitrogens with zero attached hydrogens (tertiary/aromatic N) is 2. The molecule has 0 saturated carbocycles. The number of fused-ring (bicyclic) bond motifs is 1. The molecule has 1 saturated heterocycles. The van der Waals surface area contributed by atoms with Gasteiger partial charge in [-0.1, -0.05) is 24.6 Å². The van der Waals surface area contributed by atoms with Gasteiger partial charge >= 0.3 is 0 Å². The highest BCUT2D eigenvalue weighted by Crippen LogP contribution is 2.29. The van der Waals surface area contributed by atoms with Gasteiger partial charge in [-0.3, -0.25) is 4.79 Å². The minimum atomic E-state index is -4.02. The lowest BCUT2D eigenvalue weighted by atomic mass is 9.99. The van der Waals surface area contributed by atoms with Gasteiger partial charge in [-0.05, 0) is 49.9 Å². The number of aromatic nitrogens is 1. The molecule has 1 aromatic heterocycles. The molecule has 0 amide bonds. The van der Waals surface area contributed by atoms with Crippen LogP contribution in [0, 0.1) is 18.7 Å². The van der Waals surface area contributed by atoms with Crippen LogP contribution < -0.4 is 10.3 Å². The number of anilines is 1. The fraction of sp³-hybridized carbons (Fsp3) is 0.348. The second kappa shape index (κ2) is 7.54. The number of aryl methyl sites for hydroxylation is 2. The van der Waals surface area contributed by atoms with E-state index in [1.165, 1.54) is 24.4 Å². The van der Waals surface area contributed by atoms with Crippen LogP contribution in [0.5, 0.6) is 0 Å². The van der Waals surface area contributed by atoms with E-state index in [0.717, 1.165) is 31.5 Å². The van der Waals surface area contributed by atoms with Gasteiger partial charge in [0.2, 0.25) is 15.3 Å². The van der Waals surface area contributed by atoms with Crippen molar-refractivity contribution in [3.8, 4) is 0 Å². The van der Waals surface area contributed by atoms with Crippen molar-refractivity contribution in [3.63, 3.8) is 0 Å². The Morgan fingerprint density at radius 3 is 2.50 bits per heavy atom. The molecule has 0 aliphatic carbocycles. The molecule has 2 heterocycles. The quantitative estimate of drug-likeness (QED) is 0.631. The van der Waals surface area contributed by atoms with Crippen LogP contribution >= 0.6 is 0 Å². The Kier molecular flexibility index (Phi) is 5.18. The smallest absolute Gasteiger partial charge is 0.211 e. The molecule has 3 aromatic rings. The second-order valence-electron chi connectivity index (χ2n) is 8.26. The van der Waals surface area contributed by atoms with Gasteiger partial charge < -0.3 is 9.47 Å². The highest BCUT2D eigenvalue weighted by atomic mass is 32.2. The van der Waals surface area contributed by atoms with E-state index in [4.69, 9.17) is 0 Å². The molecule has 30 heavy (non-hydrogen) atoms. The van der Waals surface area contributed by atoms with Crippen molar-refractivity contribution in [2.24, 2.45) is 13.0 Å². The van der Waals surface area contributed by atoms with E-state index in [0.29, 0.717) is 17.1 Å². The first-order valence-electron chi connectivity index (χ1n) is 10.1. The monoisotopic (exact) mass is 428 g/mol. The summed E-state index contributed by atoms with van der Waals surface area (Å²) in [6, 6.07) is 9.17. The summed E-state index contributed by atoms with van der Waals surface area (Å²) in [5.74, 6) is -0.0294. The van der Waals surface area contributed by atoms with Crippen LogP contribution in [-0.2, 0) is 16.9 Å². The molecule has 1 atom stereocenters. The Morgan fingerprint density at radius 1 is 1.13 bits per heavy atom. The van der Waals surface area contributed by atoms with E-state index in [1.54, 1.807) is 29.8 Å². The van der Waals surface area contributed by atoms with E-state index in [9.17, 15) is 17.6 Å². The van der Waals surface area contributed by atoms with Crippen molar-refractivity contribution in [1.29, 1.82) is 0 Å². The molecule has 0 bridgehead atoms. The lowest BCUT2D eigenvalue weighted by Crippen LogP contribution is -2.35. The lowest BCUT2D eigenvalue weighted by Gasteiger charge is -2.33. The zero-order valence-electron chi connectivity index (χ0n) is 17.4. The lowest BCUT2D eigenvalue weighted by molar-refractivity contribution is 0.442. The highest BCUT2D eigenvalue weighted by Gasteiger charge is 2.25. The molecule has 1 aliphatic heterocycles. The van der Waals surface area contributed by atoms with Gasteiger partial charge in [-0.2, -0.15) is 0 Å². The minimum Gasteiger partial charge on any atom is -0.369 e. The van der Waals surface area contributed by atoms with E-state index < -0.39 is 21.1 Å². The summed E-state index contributed by atoms with van der Waals surface area (Å²) in [5, 5.41) is 0.0667. The molecule has 0 radical (unpaired) electrons. The van der Waals surface area contributed by atoms with Crippen LogP contribution in [0.3, 0.4) is 0 Å². The van der Waals surface area contributed by atoms with Crippen LogP contribution in [0.2, 0.25) is 0 Å². The standard InChI is InChI=1S/C23H25FN2O3S/c1-15-6-8-17(9-7-15)30(28,29)22-14-25(3)20-12-21(19(24)11-18(20)23(22)27)26-10-4-5-16(2)13-26/h6-9,11-12,14,16H,4-5,10,13H2,1-3H3/t16-/m0/s1. The van der Waals surface area contributed by atoms with Gasteiger partial charge in [0.15, 0.2) is 0 Å². The zero-order valence-corrected chi connectivity index (χ0v) is 18.2. The fourth-order valence-corrected chi connectivity index (χ4v) is 5.55. The Balaban J connectivity index is 1.87. The molecule has 7 heteroatoms. The molecule has 0 N–H and O–H groups in total. The van der Waals surface area contributed by atoms with Crippen molar-refractivity contribution in [2.45, 2.75) is 36.5 Å². The van der Waals surface area contributed by atoms with Crippen LogP contribution in [0.25, 0.3) is 10.9 Å². The summed E-state index contributed by atoms with van der Waals surface area (Å²) in [6.07, 6.45) is 3.44. The van der Waals surface area contributed by atoms with E-state index >= 15 is 0 Å². The number of sulfone groups is 1. The van der Waals surface area contributed by atoms with Gasteiger partial charge in [0.05, 0.1) is 21.5 Å². The Morgan fingerprint density at radius 2 is 1.83 bits per heavy atom. The molecule has 158 valence electrons. The average molecular weight is 429 g/mol. The molecule has 1 fully saturated rings. The van der Waals surface area contributed by atoms with E-state index in [2.05, 4.69) is 6.92 Å². The number of halogens is 1. The van der Waals surface area contributed by atoms with Gasteiger partial charge in [0.25, 0.3) is 0 Å². The largest absolute Gasteiger partial charge is 0.369 e. The molecule has 2 aromatic carbocycles. The molecule has 4 rings (SSSR count). The first-order valence-corrected chi connectivity index (χ1v) is 11.6. The predicted molar refractivity (Wildman–Crippen MR) is 116 cm³/mol. The molecule has 1 aliphatic rings. The maximum Gasteiger partial charge on any atom is 0.211 e. The number of piperidine rings is 1. The van der Waals surface area contributed by atoms with Crippen molar-refractivity contribution >= 4 is 26.4 Å².